The van der Waals surface area contributed by atoms with E-state index in [2.05, 4.69) is 208 Å². The fourth-order valence-electron chi connectivity index (χ4n) is 10.9. The van der Waals surface area contributed by atoms with Crippen LogP contribution in [-0.2, 0) is 58.9 Å². The van der Waals surface area contributed by atoms with Gasteiger partial charge in [0.1, 0.15) is 0 Å². The topological polar surface area (TPSA) is 157 Å². The van der Waals surface area contributed by atoms with Crippen molar-refractivity contribution in [2.45, 2.75) is 58.9 Å². The minimum atomic E-state index is 0.803. The minimum absolute atomic E-state index is 0.803. The molecule has 0 radical (unpaired) electrons. The molecule has 0 saturated heterocycles. The quantitative estimate of drug-likeness (QED) is 0.0481. The Balaban J connectivity index is 0.746. The summed E-state index contributed by atoms with van der Waals surface area (Å²) in [6.07, 6.45) is 0. The molecule has 6 heterocycles. The molecule has 0 amide bonds. The zero-order valence-electron chi connectivity index (χ0n) is 47.6. The van der Waals surface area contributed by atoms with E-state index in [1.165, 1.54) is 50.1 Å². The van der Waals surface area contributed by atoms with Gasteiger partial charge >= 0.3 is 0 Å². The van der Waals surface area contributed by atoms with Crippen LogP contribution in [-0.4, -0.2) is 147 Å². The van der Waals surface area contributed by atoms with E-state index in [0.29, 0.717) is 0 Å². The molecular weight excluding hydrogens is 1000 g/mol. The Morgan fingerprint density at radius 3 is 0.765 bits per heavy atom. The molecular formula is C66H87N15. The number of hydrogen-bond acceptors (Lipinski definition) is 15. The number of nitrogens with zero attached hydrogens (tertiary/aromatic N) is 6. The van der Waals surface area contributed by atoms with Gasteiger partial charge in [-0.1, -0.05) is 91.0 Å². The van der Waals surface area contributed by atoms with Crippen LogP contribution in [0.3, 0.4) is 0 Å². The van der Waals surface area contributed by atoms with Crippen molar-refractivity contribution in [2.75, 3.05) is 118 Å². The Labute approximate surface area is 481 Å². The highest BCUT2D eigenvalue weighted by molar-refractivity contribution is 5.81. The van der Waals surface area contributed by atoms with E-state index in [1.54, 1.807) is 0 Å². The molecule has 81 heavy (non-hydrogen) atoms. The Hall–Kier alpha value is -6.15. The first-order valence-electron chi connectivity index (χ1n) is 29.9. The standard InChI is InChI=1S/C66H87N15/c1-4-61-46-70-25-34-79(35-26-71-47-62(5-1)76-61)31-22-67-43-52-10-16-55(17-11-52)58-40-59(56-18-12-53(13-19-56)44-68-23-32-80-36-27-72-48-63-6-2-7-64(77-63)49-73-28-37-80)42-60(41-58)57-20-14-54(15-21-57)45-69-24-33-81-38-29-74-50-65-8-3-9-66(78-65)51-75-30-39-81/h1-21,40-42,67-75H,22-39,43-51H2. The first-order valence-corrected chi connectivity index (χ1v) is 29.9. The smallest absolute Gasteiger partial charge is 0.0545 e. The van der Waals surface area contributed by atoms with E-state index >= 15 is 0 Å². The van der Waals surface area contributed by atoms with Gasteiger partial charge in [0.05, 0.1) is 34.2 Å². The lowest BCUT2D eigenvalue weighted by Gasteiger charge is -2.23. The van der Waals surface area contributed by atoms with Crippen LogP contribution in [0.1, 0.15) is 50.9 Å². The summed E-state index contributed by atoms with van der Waals surface area (Å²) in [4.78, 5) is 22.0. The number of rotatable bonds is 18. The van der Waals surface area contributed by atoms with Crippen molar-refractivity contribution in [3.05, 3.63) is 196 Å². The van der Waals surface area contributed by atoms with E-state index < -0.39 is 0 Å². The highest BCUT2D eigenvalue weighted by Gasteiger charge is 2.13. The van der Waals surface area contributed by atoms with Gasteiger partial charge in [-0.25, -0.2) is 0 Å². The van der Waals surface area contributed by atoms with Crippen LogP contribution in [0.15, 0.2) is 146 Å². The van der Waals surface area contributed by atoms with Crippen molar-refractivity contribution < 1.29 is 0 Å². The van der Waals surface area contributed by atoms with E-state index in [4.69, 9.17) is 15.0 Å². The maximum Gasteiger partial charge on any atom is 0.0545 e. The first kappa shape index (κ1) is 58.1. The average molecular weight is 1090 g/mol. The number of hydrogen-bond donors (Lipinski definition) is 9. The predicted molar refractivity (Wildman–Crippen MR) is 330 cm³/mol. The van der Waals surface area contributed by atoms with Crippen LogP contribution in [0, 0.1) is 0 Å². The summed E-state index contributed by atoms with van der Waals surface area (Å²) in [5, 5.41) is 32.8. The number of nitrogens with one attached hydrogen (secondary N) is 9. The summed E-state index contributed by atoms with van der Waals surface area (Å²) < 4.78 is 0. The summed E-state index contributed by atoms with van der Waals surface area (Å²) in [5.74, 6) is 0. The highest BCUT2D eigenvalue weighted by Crippen LogP contribution is 2.33. The molecule has 3 aliphatic rings. The molecule has 6 bridgehead atoms. The largest absolute Gasteiger partial charge is 0.311 e. The van der Waals surface area contributed by atoms with E-state index in [9.17, 15) is 0 Å². The van der Waals surface area contributed by atoms with Gasteiger partial charge in [0.25, 0.3) is 0 Å². The van der Waals surface area contributed by atoms with Gasteiger partial charge in [-0.15, -0.1) is 0 Å². The lowest BCUT2D eigenvalue weighted by atomic mass is 9.92. The highest BCUT2D eigenvalue weighted by atomic mass is 15.2. The third-order valence-corrected chi connectivity index (χ3v) is 15.7. The molecule has 15 nitrogen and oxygen atoms in total. The lowest BCUT2D eigenvalue weighted by molar-refractivity contribution is 0.270. The van der Waals surface area contributed by atoms with Gasteiger partial charge < -0.3 is 47.9 Å². The monoisotopic (exact) mass is 1090 g/mol. The second-order valence-corrected chi connectivity index (χ2v) is 21.9. The fraction of sp³-hybridized carbons (Fsp3) is 0.409. The fourth-order valence-corrected chi connectivity index (χ4v) is 10.9. The SMILES string of the molecule is c1cc2nc(c1)CNCCN(CCNCc1ccc(-c3cc(-c4ccc(CNCCN5CCNCc6cccc(n6)CNCC5)cc4)cc(-c4ccc(CNCCN5CCNCc6cccc(n6)CNCC5)cc4)c3)cc1)CCNC2. The molecule has 4 aromatic carbocycles. The van der Waals surface area contributed by atoms with Crippen LogP contribution >= 0.6 is 0 Å². The van der Waals surface area contributed by atoms with Crippen LogP contribution < -0.4 is 47.9 Å². The summed E-state index contributed by atoms with van der Waals surface area (Å²) in [6.45, 7) is 24.9. The van der Waals surface area contributed by atoms with Gasteiger partial charge in [0.15, 0.2) is 0 Å². The Morgan fingerprint density at radius 2 is 0.531 bits per heavy atom. The first-order chi connectivity index (χ1) is 40.1. The molecule has 0 aliphatic carbocycles. The molecule has 426 valence electrons. The van der Waals surface area contributed by atoms with Crippen LogP contribution in [0.5, 0.6) is 0 Å². The van der Waals surface area contributed by atoms with Gasteiger partial charge in [-0.3, -0.25) is 29.7 Å². The Morgan fingerprint density at radius 1 is 0.296 bits per heavy atom. The van der Waals surface area contributed by atoms with Crippen molar-refractivity contribution in [2.24, 2.45) is 0 Å². The van der Waals surface area contributed by atoms with Crippen molar-refractivity contribution in [3.8, 4) is 33.4 Å². The molecule has 0 atom stereocenters. The molecule has 15 heteroatoms. The second kappa shape index (κ2) is 31.9. The minimum Gasteiger partial charge on any atom is -0.311 e. The maximum absolute atomic E-state index is 4.78. The normalized spacial score (nSPS) is 16.9. The zero-order chi connectivity index (χ0) is 54.9. The lowest BCUT2D eigenvalue weighted by Crippen LogP contribution is -2.40. The number of pyridine rings is 3. The number of aromatic nitrogens is 3. The zero-order valence-corrected chi connectivity index (χ0v) is 47.6. The van der Waals surface area contributed by atoms with Crippen molar-refractivity contribution in [3.63, 3.8) is 0 Å². The van der Waals surface area contributed by atoms with E-state index in [1.807, 2.05) is 0 Å². The Kier molecular flexibility index (Phi) is 22.9. The van der Waals surface area contributed by atoms with Gasteiger partial charge in [-0.05, 0) is 105 Å². The molecule has 3 aromatic heterocycles. The molecule has 0 unspecified atom stereocenters. The van der Waals surface area contributed by atoms with Crippen molar-refractivity contribution >= 4 is 0 Å². The molecule has 10 rings (SSSR count). The molecule has 0 fully saturated rings. The third kappa shape index (κ3) is 19.2. The Bertz CT molecular complexity index is 2540. The van der Waals surface area contributed by atoms with E-state index in [0.717, 1.165) is 211 Å². The summed E-state index contributed by atoms with van der Waals surface area (Å²) in [5.41, 5.74) is 17.8. The molecule has 9 N–H and O–H groups in total. The van der Waals surface area contributed by atoms with Gasteiger partial charge in [0.2, 0.25) is 0 Å². The van der Waals surface area contributed by atoms with Crippen molar-refractivity contribution in [1.82, 2.24) is 77.5 Å². The number of benzene rings is 4. The molecule has 3 aliphatic heterocycles. The average Bonchev–Trinajstić information content (AvgIpc) is 3.50. The van der Waals surface area contributed by atoms with Crippen LogP contribution in [0.2, 0.25) is 0 Å². The van der Waals surface area contributed by atoms with E-state index in [-0.39, 0.29) is 0 Å². The molecule has 0 saturated carbocycles. The summed E-state index contributed by atoms with van der Waals surface area (Å²) in [6, 6.07) is 53.6. The van der Waals surface area contributed by atoms with Gasteiger partial charge in [-0.2, -0.15) is 0 Å². The van der Waals surface area contributed by atoms with Crippen LogP contribution in [0.25, 0.3) is 33.4 Å². The molecule has 7 aromatic rings. The second-order valence-electron chi connectivity index (χ2n) is 21.9. The summed E-state index contributed by atoms with van der Waals surface area (Å²) >= 11 is 0. The summed E-state index contributed by atoms with van der Waals surface area (Å²) in [7, 11) is 0. The number of fused-ring (bicyclic) bond motifs is 6. The van der Waals surface area contributed by atoms with Gasteiger partial charge in [0, 0.05) is 177 Å². The molecule has 0 spiro atoms. The van der Waals surface area contributed by atoms with Crippen LogP contribution in [0.4, 0.5) is 0 Å². The van der Waals surface area contributed by atoms with Crippen molar-refractivity contribution in [1.29, 1.82) is 0 Å². The third-order valence-electron chi connectivity index (χ3n) is 15.7. The maximum atomic E-state index is 4.78. The predicted octanol–water partition coefficient (Wildman–Crippen LogP) is 5.73.